The van der Waals surface area contributed by atoms with Crippen molar-refractivity contribution in [3.8, 4) is 11.4 Å². The van der Waals surface area contributed by atoms with Crippen molar-refractivity contribution >= 4 is 15.9 Å². The lowest BCUT2D eigenvalue weighted by Gasteiger charge is -2.25. The minimum absolute atomic E-state index is 0.146. The van der Waals surface area contributed by atoms with Gasteiger partial charge in [-0.05, 0) is 49.6 Å². The maximum absolute atomic E-state index is 12.8. The first kappa shape index (κ1) is 21.2. The summed E-state index contributed by atoms with van der Waals surface area (Å²) in [6.07, 6.45) is 2.83. The summed E-state index contributed by atoms with van der Waals surface area (Å²) in [5.41, 5.74) is 2.65. The van der Waals surface area contributed by atoms with Crippen LogP contribution in [0.15, 0.2) is 57.9 Å². The van der Waals surface area contributed by atoms with Crippen molar-refractivity contribution in [3.63, 3.8) is 0 Å². The molecular weight excluding hydrogens is 416 g/mol. The molecule has 0 spiro atoms. The highest BCUT2D eigenvalue weighted by Gasteiger charge is 2.26. The van der Waals surface area contributed by atoms with Gasteiger partial charge < -0.3 is 9.84 Å². The number of sulfonamides is 1. The fourth-order valence-corrected chi connectivity index (χ4v) is 5.06. The minimum Gasteiger partial charge on any atom is -0.344 e. The summed E-state index contributed by atoms with van der Waals surface area (Å²) < 4.78 is 32.1. The molecule has 2 aromatic carbocycles. The number of nitrogens with zero attached hydrogens (tertiary/aromatic N) is 3. The van der Waals surface area contributed by atoms with Crippen LogP contribution in [0.2, 0.25) is 0 Å². The van der Waals surface area contributed by atoms with Gasteiger partial charge in [0.2, 0.25) is 15.8 Å². The van der Waals surface area contributed by atoms with Crippen molar-refractivity contribution in [1.82, 2.24) is 19.8 Å². The van der Waals surface area contributed by atoms with Crippen molar-refractivity contribution in [1.29, 1.82) is 0 Å². The lowest BCUT2D eigenvalue weighted by Crippen LogP contribution is -2.35. The number of carbonyl (C=O) groups is 1. The highest BCUT2D eigenvalue weighted by molar-refractivity contribution is 7.89. The molecule has 1 N–H and O–H groups in total. The molecule has 1 aliphatic heterocycles. The van der Waals surface area contributed by atoms with Crippen LogP contribution in [0.25, 0.3) is 11.4 Å². The van der Waals surface area contributed by atoms with E-state index in [1.54, 1.807) is 12.1 Å². The first-order valence-electron chi connectivity index (χ1n) is 10.2. The van der Waals surface area contributed by atoms with Crippen LogP contribution in [0.3, 0.4) is 0 Å². The quantitative estimate of drug-likeness (QED) is 0.631. The smallest absolute Gasteiger partial charge is 0.316 e. The Morgan fingerprint density at radius 2 is 1.84 bits per heavy atom. The van der Waals surface area contributed by atoms with Crippen molar-refractivity contribution in [2.75, 3.05) is 13.1 Å². The maximum Gasteiger partial charge on any atom is 0.316 e. The fraction of sp³-hybridized carbons (Fsp3) is 0.318. The second kappa shape index (κ2) is 8.99. The number of hydrogen-bond donors (Lipinski definition) is 1. The molecule has 31 heavy (non-hydrogen) atoms. The van der Waals surface area contributed by atoms with Crippen LogP contribution in [-0.2, 0) is 16.6 Å². The number of aromatic nitrogens is 2. The van der Waals surface area contributed by atoms with Crippen molar-refractivity contribution in [2.24, 2.45) is 0 Å². The molecule has 0 bridgehead atoms. The lowest BCUT2D eigenvalue weighted by atomic mass is 10.1. The highest BCUT2D eigenvalue weighted by atomic mass is 32.2. The predicted molar refractivity (Wildman–Crippen MR) is 115 cm³/mol. The number of carbonyl (C=O) groups excluding carboxylic acids is 1. The molecule has 162 valence electrons. The molecular formula is C22H24N4O4S. The number of rotatable bonds is 6. The molecule has 8 nitrogen and oxygen atoms in total. The maximum atomic E-state index is 12.8. The molecule has 1 aliphatic rings. The summed E-state index contributed by atoms with van der Waals surface area (Å²) in [6.45, 7) is 3.44. The Kier molecular flexibility index (Phi) is 6.15. The molecule has 0 atom stereocenters. The molecule has 4 rings (SSSR count). The van der Waals surface area contributed by atoms with Crippen LogP contribution in [0.5, 0.6) is 0 Å². The topological polar surface area (TPSA) is 105 Å². The monoisotopic (exact) mass is 440 g/mol. The molecule has 1 fully saturated rings. The van der Waals surface area contributed by atoms with Gasteiger partial charge in [0.25, 0.3) is 0 Å². The van der Waals surface area contributed by atoms with E-state index in [2.05, 4.69) is 15.5 Å². The summed E-state index contributed by atoms with van der Waals surface area (Å²) in [4.78, 5) is 16.7. The van der Waals surface area contributed by atoms with Crippen molar-refractivity contribution in [3.05, 3.63) is 65.5 Å². The Bertz CT molecular complexity index is 1170. The molecule has 2 heterocycles. The zero-order chi connectivity index (χ0) is 21.8. The Balaban J connectivity index is 1.43. The zero-order valence-corrected chi connectivity index (χ0v) is 18.1. The van der Waals surface area contributed by atoms with E-state index in [-0.39, 0.29) is 16.6 Å². The third kappa shape index (κ3) is 4.83. The van der Waals surface area contributed by atoms with E-state index in [0.29, 0.717) is 25.2 Å². The summed E-state index contributed by atoms with van der Waals surface area (Å²) in [5, 5.41) is 6.60. The number of benzene rings is 2. The van der Waals surface area contributed by atoms with Gasteiger partial charge in [-0.1, -0.05) is 41.4 Å². The first-order valence-corrected chi connectivity index (χ1v) is 11.7. The standard InChI is InChI=1S/C22H24N4O4S/c1-16-6-5-7-17(14-16)15-23-21(27)22-24-20(25-30-22)18-8-10-19(11-9-18)31(28,29)26-12-3-2-4-13-26/h5-11,14H,2-4,12-13,15H2,1H3,(H,23,27). The summed E-state index contributed by atoms with van der Waals surface area (Å²) in [5.74, 6) is -0.389. The largest absolute Gasteiger partial charge is 0.344 e. The number of aryl methyl sites for hydroxylation is 1. The van der Waals surface area contributed by atoms with Gasteiger partial charge in [-0.15, -0.1) is 0 Å². The first-order chi connectivity index (χ1) is 14.9. The molecule has 1 amide bonds. The van der Waals surface area contributed by atoms with Crippen LogP contribution in [0, 0.1) is 6.92 Å². The van der Waals surface area contributed by atoms with Gasteiger partial charge in [0.05, 0.1) is 4.90 Å². The van der Waals surface area contributed by atoms with Gasteiger partial charge in [0, 0.05) is 25.2 Å². The second-order valence-corrected chi connectivity index (χ2v) is 9.52. The van der Waals surface area contributed by atoms with E-state index in [1.165, 1.54) is 16.4 Å². The molecule has 0 aliphatic carbocycles. The molecule has 0 saturated carbocycles. The molecule has 1 saturated heterocycles. The Morgan fingerprint density at radius 3 is 2.55 bits per heavy atom. The van der Waals surface area contributed by atoms with Crippen LogP contribution in [-0.4, -0.2) is 41.9 Å². The molecule has 0 unspecified atom stereocenters. The van der Waals surface area contributed by atoms with E-state index in [4.69, 9.17) is 4.52 Å². The van der Waals surface area contributed by atoms with Gasteiger partial charge in [0.1, 0.15) is 0 Å². The summed E-state index contributed by atoms with van der Waals surface area (Å²) >= 11 is 0. The minimum atomic E-state index is -3.50. The Hall–Kier alpha value is -3.04. The van der Waals surface area contributed by atoms with Gasteiger partial charge in [-0.3, -0.25) is 4.79 Å². The third-order valence-electron chi connectivity index (χ3n) is 5.22. The number of piperidine rings is 1. The molecule has 9 heteroatoms. The average Bonchev–Trinajstić information content (AvgIpc) is 3.29. The van der Waals surface area contributed by atoms with Gasteiger partial charge in [0.15, 0.2) is 0 Å². The average molecular weight is 441 g/mol. The van der Waals surface area contributed by atoms with Crippen LogP contribution in [0.1, 0.15) is 41.1 Å². The number of nitrogens with one attached hydrogen (secondary N) is 1. The Morgan fingerprint density at radius 1 is 1.10 bits per heavy atom. The predicted octanol–water partition coefficient (Wildman–Crippen LogP) is 3.15. The van der Waals surface area contributed by atoms with Crippen LogP contribution < -0.4 is 5.32 Å². The molecule has 3 aromatic rings. The van der Waals surface area contributed by atoms with Crippen LogP contribution >= 0.6 is 0 Å². The number of hydrogen-bond acceptors (Lipinski definition) is 6. The lowest BCUT2D eigenvalue weighted by molar-refractivity contribution is 0.0907. The van der Waals surface area contributed by atoms with E-state index in [1.807, 2.05) is 31.2 Å². The van der Waals surface area contributed by atoms with Gasteiger partial charge >= 0.3 is 11.8 Å². The van der Waals surface area contributed by atoms with Crippen molar-refractivity contribution < 1.29 is 17.7 Å². The fourth-order valence-electron chi connectivity index (χ4n) is 3.54. The van der Waals surface area contributed by atoms with Gasteiger partial charge in [-0.2, -0.15) is 9.29 Å². The second-order valence-electron chi connectivity index (χ2n) is 7.58. The Labute approximate surface area is 181 Å². The molecule has 1 aromatic heterocycles. The zero-order valence-electron chi connectivity index (χ0n) is 17.2. The summed E-state index contributed by atoms with van der Waals surface area (Å²) in [6, 6.07) is 14.1. The van der Waals surface area contributed by atoms with Crippen LogP contribution in [0.4, 0.5) is 0 Å². The SMILES string of the molecule is Cc1cccc(CNC(=O)c2nc(-c3ccc(S(=O)(=O)N4CCCCC4)cc3)no2)c1. The summed E-state index contributed by atoms with van der Waals surface area (Å²) in [7, 11) is -3.50. The van der Waals surface area contributed by atoms with E-state index >= 15 is 0 Å². The van der Waals surface area contributed by atoms with E-state index in [0.717, 1.165) is 30.4 Å². The molecule has 0 radical (unpaired) electrons. The normalized spacial score (nSPS) is 15.0. The van der Waals surface area contributed by atoms with Gasteiger partial charge in [-0.25, -0.2) is 8.42 Å². The highest BCUT2D eigenvalue weighted by Crippen LogP contribution is 2.23. The number of amides is 1. The van der Waals surface area contributed by atoms with E-state index < -0.39 is 15.9 Å². The third-order valence-corrected chi connectivity index (χ3v) is 7.13. The van der Waals surface area contributed by atoms with Crippen molar-refractivity contribution in [2.45, 2.75) is 37.6 Å². The van der Waals surface area contributed by atoms with E-state index in [9.17, 15) is 13.2 Å².